The third-order valence-electron chi connectivity index (χ3n) is 4.34. The van der Waals surface area contributed by atoms with Gasteiger partial charge >= 0.3 is 5.97 Å². The summed E-state index contributed by atoms with van der Waals surface area (Å²) in [4.78, 5) is 25.5. The molecule has 148 valence electrons. The first-order chi connectivity index (χ1) is 11.7. The van der Waals surface area contributed by atoms with Gasteiger partial charge in [-0.25, -0.2) is 4.79 Å². The van der Waals surface area contributed by atoms with Crippen molar-refractivity contribution in [2.75, 3.05) is 20.1 Å². The second-order valence-corrected chi connectivity index (χ2v) is 8.09. The summed E-state index contributed by atoms with van der Waals surface area (Å²) in [5, 5.41) is 8.98. The van der Waals surface area contributed by atoms with Crippen LogP contribution in [0.2, 0.25) is 0 Å². The Bertz CT molecular complexity index is 561. The van der Waals surface area contributed by atoms with Gasteiger partial charge in [0.15, 0.2) is 5.78 Å². The number of benzene rings is 1. The Hall–Kier alpha value is -1.68. The van der Waals surface area contributed by atoms with Crippen LogP contribution in [-0.2, 0) is 0 Å². The van der Waals surface area contributed by atoms with E-state index < -0.39 is 5.97 Å². The van der Waals surface area contributed by atoms with Crippen LogP contribution in [0, 0.1) is 5.41 Å². The van der Waals surface area contributed by atoms with Crippen molar-refractivity contribution in [1.82, 2.24) is 4.90 Å². The molecule has 0 radical (unpaired) electrons. The van der Waals surface area contributed by atoms with Crippen molar-refractivity contribution < 1.29 is 14.7 Å². The first-order valence-electron chi connectivity index (χ1n) is 9.24. The molecule has 0 saturated carbocycles. The predicted molar refractivity (Wildman–Crippen MR) is 109 cm³/mol. The Morgan fingerprint density at radius 3 is 2.15 bits per heavy atom. The summed E-state index contributed by atoms with van der Waals surface area (Å²) < 4.78 is 0. The first-order valence-corrected chi connectivity index (χ1v) is 9.24. The molecule has 4 nitrogen and oxygen atoms in total. The molecule has 0 amide bonds. The van der Waals surface area contributed by atoms with Crippen LogP contribution in [0.15, 0.2) is 24.3 Å². The van der Waals surface area contributed by atoms with Gasteiger partial charge in [0.1, 0.15) is 0 Å². The summed E-state index contributed by atoms with van der Waals surface area (Å²) in [5.74, 6) is -0.973. The van der Waals surface area contributed by atoms with Gasteiger partial charge in [-0.1, -0.05) is 46.8 Å². The molecule has 1 aromatic rings. The summed E-state index contributed by atoms with van der Waals surface area (Å²) in [7, 11) is 2.13. The van der Waals surface area contributed by atoms with E-state index in [0.717, 1.165) is 25.9 Å². The van der Waals surface area contributed by atoms with Gasteiger partial charge in [-0.3, -0.25) is 4.79 Å². The van der Waals surface area contributed by atoms with Gasteiger partial charge in [-0.05, 0) is 63.4 Å². The monoisotopic (exact) mass is 363 g/mol. The lowest BCUT2D eigenvalue weighted by molar-refractivity contribution is 0.0697. The fourth-order valence-electron chi connectivity index (χ4n) is 2.79. The average Bonchev–Trinajstić information content (AvgIpc) is 2.54. The van der Waals surface area contributed by atoms with E-state index in [0.29, 0.717) is 17.4 Å². The number of carboxylic acids is 1. The molecule has 0 unspecified atom stereocenters. The number of hydrogen-bond donors (Lipinski definition) is 1. The molecule has 1 N–H and O–H groups in total. The SMILES string of the molecule is C.CN(CCCCC(=O)c1cccc(C(=O)O)c1)CCCCC(C)(C)C. The largest absolute Gasteiger partial charge is 0.478 e. The van der Waals surface area contributed by atoms with E-state index in [2.05, 4.69) is 32.7 Å². The topological polar surface area (TPSA) is 57.6 Å². The molecular weight excluding hydrogens is 326 g/mol. The van der Waals surface area contributed by atoms with Crippen molar-refractivity contribution in [2.24, 2.45) is 5.41 Å². The molecule has 0 bridgehead atoms. The minimum absolute atomic E-state index is 0. The maximum atomic E-state index is 12.2. The summed E-state index contributed by atoms with van der Waals surface area (Å²) >= 11 is 0. The summed E-state index contributed by atoms with van der Waals surface area (Å²) in [5.41, 5.74) is 1.08. The van der Waals surface area contributed by atoms with E-state index >= 15 is 0 Å². The Labute approximate surface area is 159 Å². The smallest absolute Gasteiger partial charge is 0.335 e. The predicted octanol–water partition coefficient (Wildman–Crippen LogP) is 5.52. The molecule has 0 aromatic heterocycles. The zero-order chi connectivity index (χ0) is 18.9. The lowest BCUT2D eigenvalue weighted by atomic mass is 9.90. The molecule has 0 aliphatic heterocycles. The van der Waals surface area contributed by atoms with Crippen LogP contribution in [0.3, 0.4) is 0 Å². The third kappa shape index (κ3) is 10.3. The highest BCUT2D eigenvalue weighted by molar-refractivity contribution is 5.98. The number of carbonyl (C=O) groups excluding carboxylic acids is 1. The van der Waals surface area contributed by atoms with E-state index in [1.807, 2.05) is 0 Å². The molecular formula is C22H37NO3. The van der Waals surface area contributed by atoms with E-state index in [9.17, 15) is 9.59 Å². The second-order valence-electron chi connectivity index (χ2n) is 8.09. The number of carboxylic acid groups (broad SMARTS) is 1. The van der Waals surface area contributed by atoms with E-state index in [1.54, 1.807) is 12.1 Å². The molecule has 0 aliphatic rings. The lowest BCUT2D eigenvalue weighted by Gasteiger charge is -2.20. The van der Waals surface area contributed by atoms with Crippen molar-refractivity contribution in [3.63, 3.8) is 0 Å². The van der Waals surface area contributed by atoms with Gasteiger partial charge in [0.05, 0.1) is 5.56 Å². The van der Waals surface area contributed by atoms with Crippen molar-refractivity contribution in [1.29, 1.82) is 0 Å². The number of rotatable bonds is 11. The molecule has 26 heavy (non-hydrogen) atoms. The van der Waals surface area contributed by atoms with Crippen LogP contribution in [0.5, 0.6) is 0 Å². The molecule has 0 spiro atoms. The number of aromatic carboxylic acids is 1. The number of nitrogens with zero attached hydrogens (tertiary/aromatic N) is 1. The van der Waals surface area contributed by atoms with Crippen molar-refractivity contribution in [3.8, 4) is 0 Å². The molecule has 0 saturated heterocycles. The fraction of sp³-hybridized carbons (Fsp3) is 0.636. The third-order valence-corrected chi connectivity index (χ3v) is 4.34. The van der Waals surface area contributed by atoms with Crippen LogP contribution in [0.4, 0.5) is 0 Å². The molecule has 0 aliphatic carbocycles. The molecule has 1 rings (SSSR count). The summed E-state index contributed by atoms with van der Waals surface area (Å²) in [6.45, 7) is 8.93. The minimum atomic E-state index is -0.997. The molecule has 0 heterocycles. The van der Waals surface area contributed by atoms with Gasteiger partial charge in [0.2, 0.25) is 0 Å². The lowest BCUT2D eigenvalue weighted by Crippen LogP contribution is -2.21. The summed E-state index contributed by atoms with van der Waals surface area (Å²) in [6, 6.07) is 6.29. The summed E-state index contributed by atoms with van der Waals surface area (Å²) in [6.07, 6.45) is 6.02. The Balaban J connectivity index is 0.00000625. The van der Waals surface area contributed by atoms with Crippen LogP contribution < -0.4 is 0 Å². The van der Waals surface area contributed by atoms with Crippen LogP contribution >= 0.6 is 0 Å². The van der Waals surface area contributed by atoms with E-state index in [4.69, 9.17) is 5.11 Å². The minimum Gasteiger partial charge on any atom is -0.478 e. The zero-order valence-corrected chi connectivity index (χ0v) is 16.2. The van der Waals surface area contributed by atoms with Crippen LogP contribution in [0.1, 0.15) is 87.4 Å². The van der Waals surface area contributed by atoms with Crippen LogP contribution in [0.25, 0.3) is 0 Å². The highest BCUT2D eigenvalue weighted by atomic mass is 16.4. The standard InChI is InChI=1S/C21H33NO3.CH4/c1-21(2,3)13-6-8-15-22(4)14-7-5-12-19(23)17-10-9-11-18(16-17)20(24)25;/h9-11,16H,5-8,12-15H2,1-4H3,(H,24,25);1H4. The average molecular weight is 364 g/mol. The number of Topliss-reactive ketones (excluding diaryl/α,β-unsaturated/α-hetero) is 1. The Morgan fingerprint density at radius 2 is 1.58 bits per heavy atom. The highest BCUT2D eigenvalue weighted by Crippen LogP contribution is 2.21. The number of carbonyl (C=O) groups is 2. The molecule has 4 heteroatoms. The van der Waals surface area contributed by atoms with Gasteiger partial charge in [0.25, 0.3) is 0 Å². The van der Waals surface area contributed by atoms with Gasteiger partial charge in [-0.15, -0.1) is 0 Å². The Morgan fingerprint density at radius 1 is 1.00 bits per heavy atom. The van der Waals surface area contributed by atoms with Gasteiger partial charge < -0.3 is 10.0 Å². The first kappa shape index (κ1) is 24.3. The number of ketones is 1. The van der Waals surface area contributed by atoms with Gasteiger partial charge in [0, 0.05) is 12.0 Å². The van der Waals surface area contributed by atoms with Gasteiger partial charge in [-0.2, -0.15) is 0 Å². The van der Waals surface area contributed by atoms with Crippen molar-refractivity contribution in [3.05, 3.63) is 35.4 Å². The number of unbranched alkanes of at least 4 members (excludes halogenated alkanes) is 2. The van der Waals surface area contributed by atoms with Crippen molar-refractivity contribution in [2.45, 2.75) is 66.7 Å². The fourth-order valence-corrected chi connectivity index (χ4v) is 2.79. The Kier molecular flexibility index (Phi) is 11.1. The second kappa shape index (κ2) is 11.8. The molecule has 0 fully saturated rings. The van der Waals surface area contributed by atoms with E-state index in [1.165, 1.54) is 31.4 Å². The molecule has 0 atom stereocenters. The highest BCUT2D eigenvalue weighted by Gasteiger charge is 2.11. The zero-order valence-electron chi connectivity index (χ0n) is 16.2. The van der Waals surface area contributed by atoms with E-state index in [-0.39, 0.29) is 18.8 Å². The molecule has 1 aromatic carbocycles. The van der Waals surface area contributed by atoms with Crippen molar-refractivity contribution >= 4 is 11.8 Å². The normalized spacial score (nSPS) is 11.3. The maximum absolute atomic E-state index is 12.2. The van der Waals surface area contributed by atoms with Crippen LogP contribution in [-0.4, -0.2) is 41.9 Å². The number of hydrogen-bond acceptors (Lipinski definition) is 3. The maximum Gasteiger partial charge on any atom is 0.335 e. The quantitative estimate of drug-likeness (QED) is 0.415.